The molecule has 0 aliphatic heterocycles. The zero-order valence-electron chi connectivity index (χ0n) is 14.5. The van der Waals surface area contributed by atoms with Gasteiger partial charge in [-0.3, -0.25) is 0 Å². The van der Waals surface area contributed by atoms with Crippen LogP contribution in [0.25, 0.3) is 11.3 Å². The Balaban J connectivity index is 1.92. The van der Waals surface area contributed by atoms with Crippen molar-refractivity contribution in [2.75, 3.05) is 7.11 Å². The standard InChI is InChI=1S/C19H16N4O3S/c1-26-18-6-5-14(11-15(18)12-20)17-7-8-22-19(23-17)10-13-3-2-4-16(9-13)27(21,24)25/h2-9,11H,10H2,1H3,(H2,21,24,25). The molecule has 0 fully saturated rings. The molecule has 3 rings (SSSR count). The molecule has 0 aliphatic rings. The van der Waals surface area contributed by atoms with E-state index in [1.165, 1.54) is 19.2 Å². The maximum Gasteiger partial charge on any atom is 0.238 e. The second-order valence-corrected chi connectivity index (χ2v) is 7.32. The molecule has 0 amide bonds. The largest absolute Gasteiger partial charge is 0.495 e. The number of nitrogens with zero attached hydrogens (tertiary/aromatic N) is 3. The summed E-state index contributed by atoms with van der Waals surface area (Å²) < 4.78 is 28.2. The summed E-state index contributed by atoms with van der Waals surface area (Å²) in [5, 5.41) is 14.4. The highest BCUT2D eigenvalue weighted by Gasteiger charge is 2.10. The average molecular weight is 380 g/mol. The molecule has 1 aromatic heterocycles. The monoisotopic (exact) mass is 380 g/mol. The van der Waals surface area contributed by atoms with Gasteiger partial charge in [-0.25, -0.2) is 23.5 Å². The molecular formula is C19H16N4O3S. The van der Waals surface area contributed by atoms with Gasteiger partial charge in [0.25, 0.3) is 0 Å². The highest BCUT2D eigenvalue weighted by atomic mass is 32.2. The summed E-state index contributed by atoms with van der Waals surface area (Å²) in [6.07, 6.45) is 1.97. The number of hydrogen-bond acceptors (Lipinski definition) is 6. The van der Waals surface area contributed by atoms with Crippen LogP contribution in [0.5, 0.6) is 5.75 Å². The summed E-state index contributed by atoms with van der Waals surface area (Å²) in [4.78, 5) is 8.81. The lowest BCUT2D eigenvalue weighted by Gasteiger charge is -2.07. The number of ether oxygens (including phenoxy) is 1. The van der Waals surface area contributed by atoms with Crippen LogP contribution in [0.4, 0.5) is 0 Å². The van der Waals surface area contributed by atoms with Crippen molar-refractivity contribution in [3.63, 3.8) is 0 Å². The van der Waals surface area contributed by atoms with Crippen LogP contribution in [-0.4, -0.2) is 25.5 Å². The van der Waals surface area contributed by atoms with E-state index < -0.39 is 10.0 Å². The number of primary sulfonamides is 1. The van der Waals surface area contributed by atoms with E-state index >= 15 is 0 Å². The number of sulfonamides is 1. The van der Waals surface area contributed by atoms with Crippen molar-refractivity contribution in [1.29, 1.82) is 5.26 Å². The van der Waals surface area contributed by atoms with Crippen molar-refractivity contribution >= 4 is 10.0 Å². The van der Waals surface area contributed by atoms with Crippen molar-refractivity contribution < 1.29 is 13.2 Å². The Morgan fingerprint density at radius 2 is 2.00 bits per heavy atom. The number of nitriles is 1. The number of nitrogens with two attached hydrogens (primary N) is 1. The minimum absolute atomic E-state index is 0.0463. The Morgan fingerprint density at radius 3 is 2.70 bits per heavy atom. The normalized spacial score (nSPS) is 11.0. The molecule has 2 aromatic carbocycles. The fraction of sp³-hybridized carbons (Fsp3) is 0.105. The molecule has 136 valence electrons. The van der Waals surface area contributed by atoms with Crippen molar-refractivity contribution in [3.8, 4) is 23.1 Å². The van der Waals surface area contributed by atoms with E-state index in [1.54, 1.807) is 36.5 Å². The van der Waals surface area contributed by atoms with Gasteiger partial charge in [0.1, 0.15) is 17.6 Å². The van der Waals surface area contributed by atoms with Gasteiger partial charge in [-0.1, -0.05) is 12.1 Å². The van der Waals surface area contributed by atoms with Crippen LogP contribution in [0, 0.1) is 11.3 Å². The van der Waals surface area contributed by atoms with Gasteiger partial charge in [0.2, 0.25) is 10.0 Å². The first kappa shape index (κ1) is 18.5. The molecule has 1 heterocycles. The first-order valence-electron chi connectivity index (χ1n) is 7.93. The highest BCUT2D eigenvalue weighted by Crippen LogP contribution is 2.25. The Morgan fingerprint density at radius 1 is 1.19 bits per heavy atom. The Kier molecular flexibility index (Phi) is 5.16. The molecule has 0 radical (unpaired) electrons. The van der Waals surface area contributed by atoms with E-state index in [2.05, 4.69) is 16.0 Å². The topological polar surface area (TPSA) is 119 Å². The third-order valence-corrected chi connectivity index (χ3v) is 4.82. The number of benzene rings is 2. The lowest BCUT2D eigenvalue weighted by Crippen LogP contribution is -2.12. The summed E-state index contributed by atoms with van der Waals surface area (Å²) in [6, 6.07) is 15.4. The van der Waals surface area contributed by atoms with Crippen LogP contribution in [0.1, 0.15) is 17.0 Å². The molecule has 8 heteroatoms. The van der Waals surface area contributed by atoms with Gasteiger partial charge < -0.3 is 4.74 Å². The van der Waals surface area contributed by atoms with Gasteiger partial charge >= 0.3 is 0 Å². The van der Waals surface area contributed by atoms with E-state index in [0.717, 1.165) is 11.1 Å². The Bertz CT molecular complexity index is 1140. The van der Waals surface area contributed by atoms with Crippen LogP contribution in [-0.2, 0) is 16.4 Å². The van der Waals surface area contributed by atoms with Crippen molar-refractivity contribution in [2.45, 2.75) is 11.3 Å². The quantitative estimate of drug-likeness (QED) is 0.725. The first-order valence-corrected chi connectivity index (χ1v) is 9.47. The maximum atomic E-state index is 11.5. The molecule has 3 aromatic rings. The van der Waals surface area contributed by atoms with Crippen LogP contribution < -0.4 is 9.88 Å². The van der Waals surface area contributed by atoms with Gasteiger partial charge in [0.05, 0.1) is 23.3 Å². The van der Waals surface area contributed by atoms with Crippen molar-refractivity contribution in [1.82, 2.24) is 9.97 Å². The first-order chi connectivity index (χ1) is 12.9. The van der Waals surface area contributed by atoms with Gasteiger partial charge in [-0.05, 0) is 42.0 Å². The molecule has 7 nitrogen and oxygen atoms in total. The second-order valence-electron chi connectivity index (χ2n) is 5.75. The smallest absolute Gasteiger partial charge is 0.238 e. The molecule has 0 spiro atoms. The van der Waals surface area contributed by atoms with E-state index in [0.29, 0.717) is 29.3 Å². The summed E-state index contributed by atoms with van der Waals surface area (Å²) in [7, 11) is -2.26. The summed E-state index contributed by atoms with van der Waals surface area (Å²) >= 11 is 0. The summed E-state index contributed by atoms with van der Waals surface area (Å²) in [6.45, 7) is 0. The fourth-order valence-electron chi connectivity index (χ4n) is 2.61. The Labute approximate surface area is 157 Å². The molecule has 0 unspecified atom stereocenters. The third kappa shape index (κ3) is 4.28. The molecule has 0 bridgehead atoms. The molecular weight excluding hydrogens is 364 g/mol. The SMILES string of the molecule is COc1ccc(-c2ccnc(Cc3cccc(S(N)(=O)=O)c3)n2)cc1C#N. The maximum absolute atomic E-state index is 11.5. The van der Waals surface area contributed by atoms with Gasteiger partial charge in [-0.15, -0.1) is 0 Å². The minimum Gasteiger partial charge on any atom is -0.495 e. The average Bonchev–Trinajstić information content (AvgIpc) is 2.67. The highest BCUT2D eigenvalue weighted by molar-refractivity contribution is 7.89. The van der Waals surface area contributed by atoms with Crippen LogP contribution in [0.2, 0.25) is 0 Å². The molecule has 0 saturated carbocycles. The van der Waals surface area contributed by atoms with Crippen LogP contribution in [0.15, 0.2) is 59.6 Å². The van der Waals surface area contributed by atoms with Gasteiger partial charge in [0.15, 0.2) is 0 Å². The van der Waals surface area contributed by atoms with Crippen molar-refractivity contribution in [2.24, 2.45) is 5.14 Å². The van der Waals surface area contributed by atoms with Crippen LogP contribution in [0.3, 0.4) is 0 Å². The number of methoxy groups -OCH3 is 1. The number of hydrogen-bond donors (Lipinski definition) is 1. The minimum atomic E-state index is -3.77. The lowest BCUT2D eigenvalue weighted by atomic mass is 10.1. The van der Waals surface area contributed by atoms with E-state index in [1.807, 2.05) is 6.07 Å². The van der Waals surface area contributed by atoms with Gasteiger partial charge in [-0.2, -0.15) is 5.26 Å². The van der Waals surface area contributed by atoms with Gasteiger partial charge in [0, 0.05) is 18.2 Å². The van der Waals surface area contributed by atoms with Crippen molar-refractivity contribution in [3.05, 3.63) is 71.7 Å². The lowest BCUT2D eigenvalue weighted by molar-refractivity contribution is 0.413. The summed E-state index contributed by atoms with van der Waals surface area (Å²) in [5.41, 5.74) is 2.55. The van der Waals surface area contributed by atoms with E-state index in [4.69, 9.17) is 9.88 Å². The molecule has 2 N–H and O–H groups in total. The molecule has 0 atom stereocenters. The van der Waals surface area contributed by atoms with E-state index in [9.17, 15) is 13.7 Å². The zero-order chi connectivity index (χ0) is 19.4. The Hall–Kier alpha value is -3.28. The fourth-order valence-corrected chi connectivity index (χ4v) is 3.20. The zero-order valence-corrected chi connectivity index (χ0v) is 15.3. The number of aromatic nitrogens is 2. The van der Waals surface area contributed by atoms with Crippen LogP contribution >= 0.6 is 0 Å². The number of rotatable bonds is 5. The summed E-state index contributed by atoms with van der Waals surface area (Å²) in [5.74, 6) is 1.02. The molecule has 0 saturated heterocycles. The predicted molar refractivity (Wildman–Crippen MR) is 99.4 cm³/mol. The molecule has 27 heavy (non-hydrogen) atoms. The van der Waals surface area contributed by atoms with E-state index in [-0.39, 0.29) is 4.90 Å². The molecule has 0 aliphatic carbocycles. The predicted octanol–water partition coefficient (Wildman–Crippen LogP) is 2.26. The third-order valence-electron chi connectivity index (χ3n) is 3.91. The second kappa shape index (κ2) is 7.53.